The molecule has 3 aromatic rings. The van der Waals surface area contributed by atoms with Crippen LogP contribution in [0, 0.1) is 20.2 Å². The van der Waals surface area contributed by atoms with Crippen LogP contribution < -0.4 is 5.32 Å². The van der Waals surface area contributed by atoms with Crippen LogP contribution in [-0.4, -0.2) is 15.8 Å². The molecule has 1 aromatic heterocycles. The maximum atomic E-state index is 12.3. The van der Waals surface area contributed by atoms with Gasteiger partial charge in [-0.15, -0.1) is 0 Å². The number of benzene rings is 2. The molecule has 0 unspecified atom stereocenters. The summed E-state index contributed by atoms with van der Waals surface area (Å²) in [7, 11) is 0. The van der Waals surface area contributed by atoms with Gasteiger partial charge in [0.1, 0.15) is 11.4 Å². The van der Waals surface area contributed by atoms with Crippen molar-refractivity contribution in [3.05, 3.63) is 85.6 Å². The summed E-state index contributed by atoms with van der Waals surface area (Å²) in [5, 5.41) is 24.7. The van der Waals surface area contributed by atoms with E-state index in [-0.39, 0.29) is 39.2 Å². The zero-order valence-electron chi connectivity index (χ0n) is 13.4. The van der Waals surface area contributed by atoms with Crippen LogP contribution >= 0.6 is 11.6 Å². The fourth-order valence-electron chi connectivity index (χ4n) is 2.39. The van der Waals surface area contributed by atoms with Crippen LogP contribution in [0.5, 0.6) is 0 Å². The van der Waals surface area contributed by atoms with Crippen LogP contribution in [0.4, 0.5) is 17.1 Å². The third-order valence-electron chi connectivity index (χ3n) is 3.60. The molecule has 0 atom stereocenters. The number of hydrogen-bond acceptors (Lipinski definition) is 6. The number of para-hydroxylation sites is 1. The van der Waals surface area contributed by atoms with Gasteiger partial charge in [-0.05, 0) is 30.3 Å². The second-order valence-corrected chi connectivity index (χ2v) is 5.75. The average molecular weight is 388 g/mol. The van der Waals surface area contributed by atoms with Crippen molar-refractivity contribution >= 4 is 34.6 Å². The molecule has 0 fully saturated rings. The van der Waals surface area contributed by atoms with Crippen LogP contribution in [0.1, 0.15) is 10.6 Å². The Balaban J connectivity index is 1.89. The highest BCUT2D eigenvalue weighted by molar-refractivity contribution is 6.31. The summed E-state index contributed by atoms with van der Waals surface area (Å²) in [5.74, 6) is -0.782. The van der Waals surface area contributed by atoms with Crippen LogP contribution in [0.3, 0.4) is 0 Å². The lowest BCUT2D eigenvalue weighted by Crippen LogP contribution is -2.12. The standard InChI is InChI=1S/C17H10ClN3O6/c18-10-5-6-12(14(9-10)21(25)26)19-17(22)16-8-7-15(27-16)11-3-1-2-4-13(11)20(23)24/h1-9H,(H,19,22). The summed E-state index contributed by atoms with van der Waals surface area (Å²) in [6.07, 6.45) is 0. The third kappa shape index (κ3) is 3.77. The number of nitro benzene ring substituents is 2. The zero-order chi connectivity index (χ0) is 19.6. The van der Waals surface area contributed by atoms with Gasteiger partial charge in [0, 0.05) is 17.2 Å². The monoisotopic (exact) mass is 387 g/mol. The van der Waals surface area contributed by atoms with E-state index in [1.807, 2.05) is 0 Å². The molecule has 10 heteroatoms. The average Bonchev–Trinajstić information content (AvgIpc) is 3.13. The minimum atomic E-state index is -0.745. The minimum Gasteiger partial charge on any atom is -0.451 e. The smallest absolute Gasteiger partial charge is 0.294 e. The summed E-state index contributed by atoms with van der Waals surface area (Å²) >= 11 is 5.74. The first-order valence-electron chi connectivity index (χ1n) is 7.45. The largest absolute Gasteiger partial charge is 0.451 e. The van der Waals surface area contributed by atoms with Crippen molar-refractivity contribution in [3.63, 3.8) is 0 Å². The number of nitrogens with zero attached hydrogens (tertiary/aromatic N) is 2. The van der Waals surface area contributed by atoms with Crippen molar-refractivity contribution in [1.29, 1.82) is 0 Å². The number of nitrogens with one attached hydrogen (secondary N) is 1. The predicted octanol–water partition coefficient (Wildman–Crippen LogP) is 4.67. The molecule has 0 saturated carbocycles. The predicted molar refractivity (Wildman–Crippen MR) is 96.9 cm³/mol. The van der Waals surface area contributed by atoms with Crippen molar-refractivity contribution in [3.8, 4) is 11.3 Å². The van der Waals surface area contributed by atoms with Crippen LogP contribution in [0.15, 0.2) is 59.0 Å². The van der Waals surface area contributed by atoms with Gasteiger partial charge in [-0.25, -0.2) is 0 Å². The Morgan fingerprint density at radius 2 is 1.67 bits per heavy atom. The van der Waals surface area contributed by atoms with E-state index in [1.54, 1.807) is 6.07 Å². The molecule has 27 heavy (non-hydrogen) atoms. The molecule has 136 valence electrons. The molecule has 1 amide bonds. The summed E-state index contributed by atoms with van der Waals surface area (Å²) in [5.41, 5.74) is -0.398. The first kappa shape index (κ1) is 18.1. The Hall–Kier alpha value is -3.72. The highest BCUT2D eigenvalue weighted by Gasteiger charge is 2.21. The van der Waals surface area contributed by atoms with Crippen molar-refractivity contribution in [2.75, 3.05) is 5.32 Å². The lowest BCUT2D eigenvalue weighted by atomic mass is 10.1. The summed E-state index contributed by atoms with van der Waals surface area (Å²) in [6.45, 7) is 0. The molecule has 0 spiro atoms. The first-order valence-corrected chi connectivity index (χ1v) is 7.83. The number of amides is 1. The molecule has 0 aliphatic rings. The number of nitro groups is 2. The van der Waals surface area contributed by atoms with Crippen LogP contribution in [-0.2, 0) is 0 Å². The summed E-state index contributed by atoms with van der Waals surface area (Å²) in [4.78, 5) is 33.3. The van der Waals surface area contributed by atoms with Gasteiger partial charge in [-0.1, -0.05) is 23.7 Å². The van der Waals surface area contributed by atoms with E-state index in [0.717, 1.165) is 6.07 Å². The van der Waals surface area contributed by atoms with Gasteiger partial charge >= 0.3 is 0 Å². The zero-order valence-corrected chi connectivity index (χ0v) is 14.2. The molecule has 0 radical (unpaired) electrons. The number of rotatable bonds is 5. The Morgan fingerprint density at radius 3 is 2.37 bits per heavy atom. The molecule has 3 rings (SSSR count). The number of furan rings is 1. The number of anilines is 1. The van der Waals surface area contributed by atoms with E-state index in [0.29, 0.717) is 0 Å². The molecule has 2 aromatic carbocycles. The molecule has 1 N–H and O–H groups in total. The molecular weight excluding hydrogens is 378 g/mol. The van der Waals surface area contributed by atoms with E-state index >= 15 is 0 Å². The highest BCUT2D eigenvalue weighted by atomic mass is 35.5. The molecule has 0 saturated heterocycles. The van der Waals surface area contributed by atoms with Crippen LogP contribution in [0.25, 0.3) is 11.3 Å². The van der Waals surface area contributed by atoms with Crippen LogP contribution in [0.2, 0.25) is 5.02 Å². The maximum absolute atomic E-state index is 12.3. The Bertz CT molecular complexity index is 1060. The number of hydrogen-bond donors (Lipinski definition) is 1. The number of halogens is 1. The number of carbonyl (C=O) groups excluding carboxylic acids is 1. The van der Waals surface area contributed by atoms with Crippen molar-refractivity contribution in [2.45, 2.75) is 0 Å². The first-order chi connectivity index (χ1) is 12.9. The normalized spacial score (nSPS) is 10.4. The van der Waals surface area contributed by atoms with E-state index in [9.17, 15) is 25.0 Å². The Morgan fingerprint density at radius 1 is 0.963 bits per heavy atom. The van der Waals surface area contributed by atoms with E-state index in [1.165, 1.54) is 42.5 Å². The van der Waals surface area contributed by atoms with E-state index in [2.05, 4.69) is 5.32 Å². The third-order valence-corrected chi connectivity index (χ3v) is 3.84. The second kappa shape index (κ2) is 7.26. The van der Waals surface area contributed by atoms with Crippen molar-refractivity contribution in [1.82, 2.24) is 0 Å². The molecule has 1 heterocycles. The number of carbonyl (C=O) groups is 1. The van der Waals surface area contributed by atoms with Gasteiger partial charge < -0.3 is 9.73 Å². The summed E-state index contributed by atoms with van der Waals surface area (Å²) in [6, 6.07) is 12.4. The molecular formula is C17H10ClN3O6. The SMILES string of the molecule is O=C(Nc1ccc(Cl)cc1[N+](=O)[O-])c1ccc(-c2ccccc2[N+](=O)[O-])o1. The van der Waals surface area contributed by atoms with Crippen molar-refractivity contribution < 1.29 is 19.1 Å². The quantitative estimate of drug-likeness (QED) is 0.500. The van der Waals surface area contributed by atoms with E-state index in [4.69, 9.17) is 16.0 Å². The van der Waals surface area contributed by atoms with Gasteiger partial charge in [0.25, 0.3) is 17.3 Å². The van der Waals surface area contributed by atoms with E-state index < -0.39 is 15.8 Å². The topological polar surface area (TPSA) is 129 Å². The maximum Gasteiger partial charge on any atom is 0.294 e. The minimum absolute atomic E-state index is 0.0574. The second-order valence-electron chi connectivity index (χ2n) is 5.31. The molecule has 0 bridgehead atoms. The lowest BCUT2D eigenvalue weighted by Gasteiger charge is -2.05. The fourth-order valence-corrected chi connectivity index (χ4v) is 2.56. The fraction of sp³-hybridized carbons (Fsp3) is 0. The lowest BCUT2D eigenvalue weighted by molar-refractivity contribution is -0.384. The van der Waals surface area contributed by atoms with Gasteiger partial charge in [0.15, 0.2) is 5.76 Å². The molecule has 9 nitrogen and oxygen atoms in total. The van der Waals surface area contributed by atoms with Gasteiger partial charge in [-0.3, -0.25) is 25.0 Å². The Kier molecular flexibility index (Phi) is 4.86. The molecule has 0 aliphatic heterocycles. The molecule has 0 aliphatic carbocycles. The summed E-state index contributed by atoms with van der Waals surface area (Å²) < 4.78 is 5.41. The van der Waals surface area contributed by atoms with Gasteiger partial charge in [-0.2, -0.15) is 0 Å². The van der Waals surface area contributed by atoms with Gasteiger partial charge in [0.2, 0.25) is 0 Å². The highest BCUT2D eigenvalue weighted by Crippen LogP contribution is 2.32. The van der Waals surface area contributed by atoms with Gasteiger partial charge in [0.05, 0.1) is 15.4 Å². The van der Waals surface area contributed by atoms with Crippen molar-refractivity contribution in [2.24, 2.45) is 0 Å². The Labute approximate surface area is 156 Å².